The summed E-state index contributed by atoms with van der Waals surface area (Å²) in [6, 6.07) is 0. The molecule has 0 aromatic heterocycles. The van der Waals surface area contributed by atoms with Crippen molar-refractivity contribution < 1.29 is 5.11 Å². The number of hydrogen-bond donors (Lipinski definition) is 2. The van der Waals surface area contributed by atoms with Gasteiger partial charge in [-0.2, -0.15) is 0 Å². The molecule has 16 heavy (non-hydrogen) atoms. The van der Waals surface area contributed by atoms with Gasteiger partial charge >= 0.3 is 0 Å². The molecule has 2 nitrogen and oxygen atoms in total. The third-order valence-electron chi connectivity index (χ3n) is 5.45. The molecule has 0 aliphatic heterocycles. The highest BCUT2D eigenvalue weighted by Crippen LogP contribution is 2.52. The first-order chi connectivity index (χ1) is 7.66. The van der Waals surface area contributed by atoms with Crippen molar-refractivity contribution in [3.8, 4) is 0 Å². The Morgan fingerprint density at radius 3 is 2.12 bits per heavy atom. The minimum Gasteiger partial charge on any atom is -0.389 e. The highest BCUT2D eigenvalue weighted by Gasteiger charge is 2.51. The number of nitrogens with two attached hydrogens (primary N) is 1. The van der Waals surface area contributed by atoms with E-state index in [1.807, 2.05) is 0 Å². The van der Waals surface area contributed by atoms with Crippen LogP contribution in [-0.4, -0.2) is 17.3 Å². The van der Waals surface area contributed by atoms with Crippen LogP contribution in [0, 0.1) is 11.3 Å². The van der Waals surface area contributed by atoms with Gasteiger partial charge in [0.2, 0.25) is 0 Å². The zero-order chi connectivity index (χ0) is 11.6. The third kappa shape index (κ3) is 1.91. The molecular weight excluding hydrogens is 198 g/mol. The van der Waals surface area contributed by atoms with Crippen LogP contribution in [0.1, 0.15) is 64.7 Å². The highest BCUT2D eigenvalue weighted by atomic mass is 16.3. The Kier molecular flexibility index (Phi) is 3.60. The Morgan fingerprint density at radius 1 is 1.12 bits per heavy atom. The van der Waals surface area contributed by atoms with Gasteiger partial charge in [-0.25, -0.2) is 0 Å². The van der Waals surface area contributed by atoms with Crippen molar-refractivity contribution in [2.75, 3.05) is 6.54 Å². The molecule has 0 atom stereocenters. The Morgan fingerprint density at radius 2 is 1.69 bits per heavy atom. The van der Waals surface area contributed by atoms with Crippen molar-refractivity contribution in [3.05, 3.63) is 0 Å². The van der Waals surface area contributed by atoms with E-state index in [0.29, 0.717) is 6.54 Å². The van der Waals surface area contributed by atoms with Crippen LogP contribution in [0.5, 0.6) is 0 Å². The van der Waals surface area contributed by atoms with Gasteiger partial charge in [-0.3, -0.25) is 0 Å². The standard InChI is InChI=1S/C14H27NO/c1-2-12-5-9-13(11-15,10-6-12)14(16)7-3-4-8-14/h12,16H,2-11,15H2,1H3. The molecule has 2 heteroatoms. The summed E-state index contributed by atoms with van der Waals surface area (Å²) in [4.78, 5) is 0. The Bertz CT molecular complexity index is 225. The second-order valence-electron chi connectivity index (χ2n) is 6.07. The fraction of sp³-hybridized carbons (Fsp3) is 1.00. The Hall–Kier alpha value is -0.0800. The summed E-state index contributed by atoms with van der Waals surface area (Å²) in [5.41, 5.74) is 5.65. The van der Waals surface area contributed by atoms with Crippen LogP contribution in [-0.2, 0) is 0 Å². The molecule has 2 aliphatic carbocycles. The highest BCUT2D eigenvalue weighted by molar-refractivity contribution is 5.04. The molecule has 0 bridgehead atoms. The molecule has 0 radical (unpaired) electrons. The average Bonchev–Trinajstić information content (AvgIpc) is 2.78. The number of hydrogen-bond acceptors (Lipinski definition) is 2. The zero-order valence-electron chi connectivity index (χ0n) is 10.7. The van der Waals surface area contributed by atoms with Gasteiger partial charge in [0.1, 0.15) is 0 Å². The van der Waals surface area contributed by atoms with Crippen LogP contribution in [0.4, 0.5) is 0 Å². The van der Waals surface area contributed by atoms with Crippen LogP contribution in [0.25, 0.3) is 0 Å². The molecule has 2 saturated carbocycles. The first kappa shape index (κ1) is 12.4. The summed E-state index contributed by atoms with van der Waals surface area (Å²) in [6.07, 6.45) is 10.5. The average molecular weight is 225 g/mol. The lowest BCUT2D eigenvalue weighted by Gasteiger charge is -2.49. The van der Waals surface area contributed by atoms with E-state index in [1.54, 1.807) is 0 Å². The summed E-state index contributed by atoms with van der Waals surface area (Å²) in [5.74, 6) is 0.879. The summed E-state index contributed by atoms with van der Waals surface area (Å²) >= 11 is 0. The molecule has 2 aliphatic rings. The summed E-state index contributed by atoms with van der Waals surface area (Å²) in [5, 5.41) is 10.8. The van der Waals surface area contributed by atoms with Crippen LogP contribution >= 0.6 is 0 Å². The first-order valence-corrected chi connectivity index (χ1v) is 7.08. The van der Waals surface area contributed by atoms with Gasteiger partial charge in [-0.1, -0.05) is 26.2 Å². The van der Waals surface area contributed by atoms with Gasteiger partial charge in [0, 0.05) is 12.0 Å². The molecule has 0 amide bonds. The van der Waals surface area contributed by atoms with Gasteiger partial charge in [-0.15, -0.1) is 0 Å². The van der Waals surface area contributed by atoms with E-state index in [9.17, 15) is 5.11 Å². The molecule has 0 heterocycles. The van der Waals surface area contributed by atoms with E-state index in [0.717, 1.165) is 31.6 Å². The van der Waals surface area contributed by atoms with Gasteiger partial charge in [0.05, 0.1) is 5.60 Å². The zero-order valence-corrected chi connectivity index (χ0v) is 10.7. The Balaban J connectivity index is 2.08. The van der Waals surface area contributed by atoms with Gasteiger partial charge in [-0.05, 0) is 44.4 Å². The van der Waals surface area contributed by atoms with Crippen LogP contribution < -0.4 is 5.73 Å². The predicted octanol–water partition coefficient (Wildman–Crippen LogP) is 2.84. The molecule has 94 valence electrons. The van der Waals surface area contributed by atoms with E-state index in [-0.39, 0.29) is 5.41 Å². The quantitative estimate of drug-likeness (QED) is 0.776. The minimum atomic E-state index is -0.430. The summed E-state index contributed by atoms with van der Waals surface area (Å²) < 4.78 is 0. The lowest BCUT2D eigenvalue weighted by Crippen LogP contribution is -2.52. The molecule has 3 N–H and O–H groups in total. The normalized spacial score (nSPS) is 38.8. The molecule has 0 unspecified atom stereocenters. The SMILES string of the molecule is CCC1CCC(CN)(C2(O)CCCC2)CC1. The van der Waals surface area contributed by atoms with Crippen LogP contribution in [0.2, 0.25) is 0 Å². The fourth-order valence-electron chi connectivity index (χ4n) is 3.99. The van der Waals surface area contributed by atoms with Gasteiger partial charge in [0.15, 0.2) is 0 Å². The van der Waals surface area contributed by atoms with Crippen molar-refractivity contribution in [1.29, 1.82) is 0 Å². The van der Waals surface area contributed by atoms with Crippen LogP contribution in [0.15, 0.2) is 0 Å². The van der Waals surface area contributed by atoms with Crippen LogP contribution in [0.3, 0.4) is 0 Å². The van der Waals surface area contributed by atoms with Crippen molar-refractivity contribution in [2.45, 2.75) is 70.3 Å². The first-order valence-electron chi connectivity index (χ1n) is 7.08. The van der Waals surface area contributed by atoms with Gasteiger partial charge in [0.25, 0.3) is 0 Å². The number of aliphatic hydroxyl groups is 1. The number of rotatable bonds is 3. The molecular formula is C14H27NO. The molecule has 2 fully saturated rings. The van der Waals surface area contributed by atoms with E-state index < -0.39 is 5.60 Å². The maximum absolute atomic E-state index is 10.8. The second kappa shape index (κ2) is 4.66. The van der Waals surface area contributed by atoms with Gasteiger partial charge < -0.3 is 10.8 Å². The minimum absolute atomic E-state index is 0.0508. The van der Waals surface area contributed by atoms with Crippen molar-refractivity contribution in [1.82, 2.24) is 0 Å². The third-order valence-corrected chi connectivity index (χ3v) is 5.45. The van der Waals surface area contributed by atoms with E-state index in [2.05, 4.69) is 6.92 Å². The molecule has 0 spiro atoms. The molecule has 0 aromatic rings. The lowest BCUT2D eigenvalue weighted by molar-refractivity contribution is -0.1000. The van der Waals surface area contributed by atoms with E-state index in [4.69, 9.17) is 5.73 Å². The Labute approximate surface area is 99.6 Å². The van der Waals surface area contributed by atoms with Crippen molar-refractivity contribution in [3.63, 3.8) is 0 Å². The predicted molar refractivity (Wildman–Crippen MR) is 67.2 cm³/mol. The lowest BCUT2D eigenvalue weighted by atomic mass is 9.60. The largest absolute Gasteiger partial charge is 0.389 e. The van der Waals surface area contributed by atoms with E-state index in [1.165, 1.54) is 32.1 Å². The summed E-state index contributed by atoms with van der Waals surface area (Å²) in [6.45, 7) is 2.96. The monoisotopic (exact) mass is 225 g/mol. The van der Waals surface area contributed by atoms with Crippen molar-refractivity contribution >= 4 is 0 Å². The van der Waals surface area contributed by atoms with E-state index >= 15 is 0 Å². The fourth-order valence-corrected chi connectivity index (χ4v) is 3.99. The maximum Gasteiger partial charge on any atom is 0.0715 e. The molecule has 0 saturated heterocycles. The van der Waals surface area contributed by atoms with Crippen molar-refractivity contribution in [2.24, 2.45) is 17.1 Å². The smallest absolute Gasteiger partial charge is 0.0715 e. The topological polar surface area (TPSA) is 46.2 Å². The molecule has 2 rings (SSSR count). The molecule has 0 aromatic carbocycles. The maximum atomic E-state index is 10.8. The second-order valence-corrected chi connectivity index (χ2v) is 6.07. The summed E-state index contributed by atoms with van der Waals surface area (Å²) in [7, 11) is 0.